The number of nitrogens with two attached hydrogens (primary N) is 1. The van der Waals surface area contributed by atoms with Crippen molar-refractivity contribution in [1.82, 2.24) is 10.3 Å². The topological polar surface area (TPSA) is 77.2 Å². The third-order valence-corrected chi connectivity index (χ3v) is 6.67. The van der Waals surface area contributed by atoms with Gasteiger partial charge in [0.25, 0.3) is 5.91 Å². The zero-order valence-corrected chi connectivity index (χ0v) is 16.5. The van der Waals surface area contributed by atoms with Crippen molar-refractivity contribution in [3.05, 3.63) is 45.9 Å². The molecule has 2 aliphatic rings. The number of nitrogens with one attached hydrogen (secondary N) is 1. The zero-order valence-electron chi connectivity index (χ0n) is 15.7. The fourth-order valence-electron chi connectivity index (χ4n) is 4.66. The summed E-state index contributed by atoms with van der Waals surface area (Å²) in [7, 11) is 0. The number of rotatable bonds is 5. The molecular weight excluding hydrogens is 358 g/mol. The van der Waals surface area contributed by atoms with Gasteiger partial charge < -0.3 is 15.8 Å². The van der Waals surface area contributed by atoms with Gasteiger partial charge in [0.05, 0.1) is 16.3 Å². The van der Waals surface area contributed by atoms with Crippen LogP contribution in [0.5, 0.6) is 5.75 Å². The number of carbonyl (C=O) groups is 1. The van der Waals surface area contributed by atoms with Gasteiger partial charge in [-0.15, -0.1) is 11.3 Å². The molecule has 2 fully saturated rings. The van der Waals surface area contributed by atoms with Crippen LogP contribution in [0.25, 0.3) is 0 Å². The van der Waals surface area contributed by atoms with E-state index >= 15 is 0 Å². The zero-order chi connectivity index (χ0) is 18.8. The van der Waals surface area contributed by atoms with E-state index in [1.165, 1.54) is 6.42 Å². The molecule has 4 rings (SSSR count). The van der Waals surface area contributed by atoms with E-state index in [2.05, 4.69) is 10.3 Å². The normalized spacial score (nSPS) is 27.2. The van der Waals surface area contributed by atoms with E-state index in [0.717, 1.165) is 36.4 Å². The summed E-state index contributed by atoms with van der Waals surface area (Å²) in [6, 6.07) is 7.98. The Hall–Kier alpha value is -1.92. The molecule has 2 aromatic rings. The van der Waals surface area contributed by atoms with E-state index in [4.69, 9.17) is 10.5 Å². The first-order chi connectivity index (χ1) is 13.1. The molecule has 2 unspecified atom stereocenters. The third kappa shape index (κ3) is 4.17. The maximum atomic E-state index is 13.0. The molecular formula is C21H27N3O2S. The molecule has 1 aromatic carbocycles. The minimum absolute atomic E-state index is 0.0440. The Morgan fingerprint density at radius 2 is 2.04 bits per heavy atom. The van der Waals surface area contributed by atoms with Crippen LogP contribution in [0, 0.1) is 18.8 Å². The van der Waals surface area contributed by atoms with Crippen LogP contribution in [0.1, 0.15) is 53.2 Å². The molecule has 0 aliphatic heterocycles. The molecule has 5 nitrogen and oxygen atoms in total. The average Bonchev–Trinajstić information content (AvgIpc) is 3.06. The Labute approximate surface area is 164 Å². The highest BCUT2D eigenvalue weighted by molar-refractivity contribution is 7.09. The number of nitrogens with zero attached hydrogens (tertiary/aromatic N) is 1. The number of fused-ring (bicyclic) bond motifs is 2. The van der Waals surface area contributed by atoms with Crippen molar-refractivity contribution in [3.63, 3.8) is 0 Å². The second kappa shape index (κ2) is 7.98. The van der Waals surface area contributed by atoms with E-state index in [0.29, 0.717) is 29.8 Å². The number of ether oxygens (including phenoxy) is 1. The predicted octanol–water partition coefficient (Wildman–Crippen LogP) is 3.67. The summed E-state index contributed by atoms with van der Waals surface area (Å²) in [6.45, 7) is 2.35. The van der Waals surface area contributed by atoms with E-state index < -0.39 is 0 Å². The first kappa shape index (κ1) is 18.4. The smallest absolute Gasteiger partial charge is 0.255 e. The highest BCUT2D eigenvalue weighted by Gasteiger charge is 2.40. The number of aromatic nitrogens is 1. The molecule has 2 bridgehead atoms. The fourth-order valence-corrected chi connectivity index (χ4v) is 5.26. The summed E-state index contributed by atoms with van der Waals surface area (Å²) in [6.07, 6.45) is 5.61. The molecule has 2 aliphatic carbocycles. The second-order valence-corrected chi connectivity index (χ2v) is 8.89. The summed E-state index contributed by atoms with van der Waals surface area (Å²) in [5, 5.41) is 6.32. The lowest BCUT2D eigenvalue weighted by molar-refractivity contribution is 0.0752. The summed E-state index contributed by atoms with van der Waals surface area (Å²) < 4.78 is 5.92. The molecule has 0 radical (unpaired) electrons. The Morgan fingerprint density at radius 1 is 1.30 bits per heavy atom. The van der Waals surface area contributed by atoms with Crippen LogP contribution in [0.15, 0.2) is 29.6 Å². The van der Waals surface area contributed by atoms with Crippen LogP contribution in [0.3, 0.4) is 0 Å². The van der Waals surface area contributed by atoms with E-state index in [1.54, 1.807) is 11.3 Å². The van der Waals surface area contributed by atoms with Gasteiger partial charge >= 0.3 is 0 Å². The van der Waals surface area contributed by atoms with Gasteiger partial charge in [0, 0.05) is 17.5 Å². The van der Waals surface area contributed by atoms with Crippen LogP contribution in [0.4, 0.5) is 0 Å². The van der Waals surface area contributed by atoms with E-state index in [1.807, 2.05) is 36.6 Å². The van der Waals surface area contributed by atoms with Crippen LogP contribution < -0.4 is 15.8 Å². The van der Waals surface area contributed by atoms with Crippen LogP contribution >= 0.6 is 11.3 Å². The number of hydrogen-bond acceptors (Lipinski definition) is 5. The molecule has 2 atom stereocenters. The van der Waals surface area contributed by atoms with Gasteiger partial charge in [0.2, 0.25) is 0 Å². The minimum Gasteiger partial charge on any atom is -0.486 e. The fraction of sp³-hybridized carbons (Fsp3) is 0.524. The van der Waals surface area contributed by atoms with Gasteiger partial charge in [-0.05, 0) is 56.6 Å². The third-order valence-electron chi connectivity index (χ3n) is 5.85. The van der Waals surface area contributed by atoms with Crippen molar-refractivity contribution >= 4 is 17.2 Å². The van der Waals surface area contributed by atoms with Crippen LogP contribution in [-0.4, -0.2) is 23.0 Å². The van der Waals surface area contributed by atoms with Crippen LogP contribution in [0.2, 0.25) is 0 Å². The Morgan fingerprint density at radius 3 is 2.74 bits per heavy atom. The number of hydrogen-bond donors (Lipinski definition) is 2. The standard InChI is InChI=1S/C21H27N3O2S/c1-13-23-17(12-27-13)11-26-19-8-3-2-7-18(19)21(25)24-20-14-5-4-6-15(20)10-16(22)9-14/h2-3,7-8,12,14-16,20H,4-6,9-11,22H2,1H3,(H,24,25). The quantitative estimate of drug-likeness (QED) is 0.823. The highest BCUT2D eigenvalue weighted by atomic mass is 32.1. The molecule has 27 heavy (non-hydrogen) atoms. The number of amides is 1. The van der Waals surface area contributed by atoms with Gasteiger partial charge in [-0.3, -0.25) is 4.79 Å². The molecule has 1 amide bonds. The molecule has 1 heterocycles. The van der Waals surface area contributed by atoms with Crippen LogP contribution in [-0.2, 0) is 6.61 Å². The van der Waals surface area contributed by atoms with Gasteiger partial charge in [-0.1, -0.05) is 18.6 Å². The van der Waals surface area contributed by atoms with E-state index in [-0.39, 0.29) is 18.0 Å². The molecule has 2 saturated carbocycles. The van der Waals surface area contributed by atoms with Gasteiger partial charge in [0.1, 0.15) is 12.4 Å². The monoisotopic (exact) mass is 385 g/mol. The Kier molecular flexibility index (Phi) is 5.45. The number of benzene rings is 1. The largest absolute Gasteiger partial charge is 0.486 e. The number of thiazole rings is 1. The summed E-state index contributed by atoms with van der Waals surface area (Å²) >= 11 is 1.60. The molecule has 144 valence electrons. The lowest BCUT2D eigenvalue weighted by Crippen LogP contribution is -2.53. The van der Waals surface area contributed by atoms with Crippen molar-refractivity contribution in [2.24, 2.45) is 17.6 Å². The maximum Gasteiger partial charge on any atom is 0.255 e. The van der Waals surface area contributed by atoms with Gasteiger partial charge in [-0.25, -0.2) is 4.98 Å². The first-order valence-corrected chi connectivity index (χ1v) is 10.7. The lowest BCUT2D eigenvalue weighted by atomic mass is 9.67. The Balaban J connectivity index is 1.45. The predicted molar refractivity (Wildman–Crippen MR) is 107 cm³/mol. The lowest BCUT2D eigenvalue weighted by Gasteiger charge is -2.45. The highest BCUT2D eigenvalue weighted by Crippen LogP contribution is 2.40. The number of carbonyl (C=O) groups excluding carboxylic acids is 1. The molecule has 0 spiro atoms. The summed E-state index contributed by atoms with van der Waals surface area (Å²) in [5.41, 5.74) is 7.70. The van der Waals surface area contributed by atoms with E-state index in [9.17, 15) is 4.79 Å². The van der Waals surface area contributed by atoms with Crippen molar-refractivity contribution in [2.45, 2.75) is 57.7 Å². The van der Waals surface area contributed by atoms with Crippen molar-refractivity contribution in [2.75, 3.05) is 0 Å². The molecule has 3 N–H and O–H groups in total. The molecule has 1 aromatic heterocycles. The second-order valence-electron chi connectivity index (χ2n) is 7.82. The van der Waals surface area contributed by atoms with Crippen molar-refractivity contribution in [3.8, 4) is 5.75 Å². The molecule has 0 saturated heterocycles. The number of aryl methyl sites for hydroxylation is 1. The number of para-hydroxylation sites is 1. The molecule has 6 heteroatoms. The maximum absolute atomic E-state index is 13.0. The average molecular weight is 386 g/mol. The first-order valence-electron chi connectivity index (χ1n) is 9.79. The SMILES string of the molecule is Cc1nc(COc2ccccc2C(=O)NC2C3CCCC2CC(N)C3)cs1. The van der Waals surface area contributed by atoms with Gasteiger partial charge in [-0.2, -0.15) is 0 Å². The summed E-state index contributed by atoms with van der Waals surface area (Å²) in [4.78, 5) is 17.4. The van der Waals surface area contributed by atoms with Gasteiger partial charge in [0.15, 0.2) is 0 Å². The Bertz CT molecular complexity index is 792. The minimum atomic E-state index is -0.0440. The van der Waals surface area contributed by atoms with Crippen molar-refractivity contribution in [1.29, 1.82) is 0 Å². The van der Waals surface area contributed by atoms with Crippen molar-refractivity contribution < 1.29 is 9.53 Å². The summed E-state index contributed by atoms with van der Waals surface area (Å²) in [5.74, 6) is 1.57.